The Morgan fingerprint density at radius 3 is 2.75 bits per heavy atom. The lowest BCUT2D eigenvalue weighted by atomic mass is 10.2. The molecule has 0 spiro atoms. The molecule has 1 fully saturated rings. The molecule has 0 bridgehead atoms. The van der Waals surface area contributed by atoms with Crippen LogP contribution in [0.5, 0.6) is 0 Å². The van der Waals surface area contributed by atoms with Crippen molar-refractivity contribution in [1.29, 1.82) is 0 Å². The number of hydrogen-bond donors (Lipinski definition) is 1. The van der Waals surface area contributed by atoms with Gasteiger partial charge >= 0.3 is 0 Å². The molecule has 0 aliphatic carbocycles. The summed E-state index contributed by atoms with van der Waals surface area (Å²) in [5, 5.41) is 10.7. The molecule has 2 rings (SSSR count). The van der Waals surface area contributed by atoms with E-state index in [1.807, 2.05) is 13.8 Å². The molecule has 1 aliphatic rings. The van der Waals surface area contributed by atoms with Gasteiger partial charge in [0.1, 0.15) is 6.54 Å². The van der Waals surface area contributed by atoms with E-state index >= 15 is 0 Å². The molecule has 134 valence electrons. The van der Waals surface area contributed by atoms with Crippen molar-refractivity contribution < 1.29 is 9.59 Å². The van der Waals surface area contributed by atoms with Gasteiger partial charge in [0.25, 0.3) is 5.91 Å². The predicted molar refractivity (Wildman–Crippen MR) is 90.6 cm³/mol. The van der Waals surface area contributed by atoms with Crippen molar-refractivity contribution in [2.45, 2.75) is 46.2 Å². The Morgan fingerprint density at radius 1 is 1.33 bits per heavy atom. The summed E-state index contributed by atoms with van der Waals surface area (Å²) in [6.45, 7) is 10.2. The number of nitrogens with one attached hydrogen (secondary N) is 1. The third kappa shape index (κ3) is 4.53. The lowest BCUT2D eigenvalue weighted by Gasteiger charge is -2.22. The minimum Gasteiger partial charge on any atom is -0.349 e. The van der Waals surface area contributed by atoms with Crippen LogP contribution >= 0.6 is 0 Å². The molecule has 1 aliphatic heterocycles. The van der Waals surface area contributed by atoms with Gasteiger partial charge in [-0.3, -0.25) is 14.5 Å². The number of likely N-dealkylation sites (tertiary alicyclic amines) is 1. The van der Waals surface area contributed by atoms with Crippen LogP contribution in [0.1, 0.15) is 44.1 Å². The van der Waals surface area contributed by atoms with Crippen LogP contribution in [0.15, 0.2) is 6.20 Å². The number of rotatable bonds is 8. The van der Waals surface area contributed by atoms with Crippen LogP contribution in [0.2, 0.25) is 0 Å². The Balaban J connectivity index is 1.85. The van der Waals surface area contributed by atoms with Gasteiger partial charge in [-0.15, -0.1) is 5.10 Å². The van der Waals surface area contributed by atoms with E-state index in [1.165, 1.54) is 17.3 Å². The molecule has 2 heterocycles. The fourth-order valence-electron chi connectivity index (χ4n) is 3.14. The number of carbonyl (C=O) groups is 2. The number of nitrogens with zero attached hydrogens (tertiary/aromatic N) is 5. The topological polar surface area (TPSA) is 83.4 Å². The fraction of sp³-hybridized carbons (Fsp3) is 0.750. The number of hydrogen-bond acceptors (Lipinski definition) is 5. The van der Waals surface area contributed by atoms with Gasteiger partial charge in [0.05, 0.1) is 6.20 Å². The second kappa shape index (κ2) is 8.77. The van der Waals surface area contributed by atoms with Crippen molar-refractivity contribution in [1.82, 2.24) is 30.1 Å². The Bertz CT molecular complexity index is 555. The van der Waals surface area contributed by atoms with Crippen molar-refractivity contribution in [3.05, 3.63) is 11.9 Å². The lowest BCUT2D eigenvalue weighted by Crippen LogP contribution is -2.40. The quantitative estimate of drug-likeness (QED) is 0.741. The molecule has 8 heteroatoms. The van der Waals surface area contributed by atoms with Gasteiger partial charge in [-0.2, -0.15) is 0 Å². The standard InChI is InChI=1S/C16H28N6O2/c1-4-20(5-2)15(23)12-22-11-14(18-19-22)16(24)17-10-13-8-7-9-21(13)6-3/h11,13H,4-10,12H2,1-3H3,(H,17,24)/t13-/m1/s1. The van der Waals surface area contributed by atoms with Crippen LogP contribution in [-0.4, -0.2) is 75.4 Å². The zero-order valence-electron chi connectivity index (χ0n) is 14.9. The Kier molecular flexibility index (Phi) is 6.72. The summed E-state index contributed by atoms with van der Waals surface area (Å²) >= 11 is 0. The lowest BCUT2D eigenvalue weighted by molar-refractivity contribution is -0.131. The van der Waals surface area contributed by atoms with Gasteiger partial charge in [0, 0.05) is 25.7 Å². The van der Waals surface area contributed by atoms with Gasteiger partial charge in [-0.25, -0.2) is 4.68 Å². The molecular weight excluding hydrogens is 308 g/mol. The first kappa shape index (κ1) is 18.4. The van der Waals surface area contributed by atoms with Crippen molar-refractivity contribution in [2.24, 2.45) is 0 Å². The highest BCUT2D eigenvalue weighted by Gasteiger charge is 2.24. The normalized spacial score (nSPS) is 17.9. The molecule has 1 aromatic rings. The van der Waals surface area contributed by atoms with E-state index in [9.17, 15) is 9.59 Å². The molecule has 0 unspecified atom stereocenters. The molecule has 0 aromatic carbocycles. The van der Waals surface area contributed by atoms with Crippen LogP contribution in [0.3, 0.4) is 0 Å². The molecule has 0 saturated carbocycles. The summed E-state index contributed by atoms with van der Waals surface area (Å²) in [5.41, 5.74) is 0.253. The largest absolute Gasteiger partial charge is 0.349 e. The maximum absolute atomic E-state index is 12.2. The minimum absolute atomic E-state index is 0.0265. The van der Waals surface area contributed by atoms with E-state index in [2.05, 4.69) is 27.5 Å². The molecule has 0 radical (unpaired) electrons. The number of likely N-dealkylation sites (N-methyl/N-ethyl adjacent to an activating group) is 2. The number of amides is 2. The summed E-state index contributed by atoms with van der Waals surface area (Å²) in [6.07, 6.45) is 3.82. The van der Waals surface area contributed by atoms with Gasteiger partial charge < -0.3 is 10.2 Å². The summed E-state index contributed by atoms with van der Waals surface area (Å²) in [4.78, 5) is 28.4. The van der Waals surface area contributed by atoms with E-state index in [-0.39, 0.29) is 24.1 Å². The SMILES string of the molecule is CCN(CC)C(=O)Cn1cc(C(=O)NC[C@H]2CCCN2CC)nn1. The van der Waals surface area contributed by atoms with E-state index in [4.69, 9.17) is 0 Å². The number of aromatic nitrogens is 3. The second-order valence-corrected chi connectivity index (χ2v) is 6.00. The zero-order valence-corrected chi connectivity index (χ0v) is 14.9. The third-order valence-electron chi connectivity index (χ3n) is 4.59. The van der Waals surface area contributed by atoms with Crippen LogP contribution in [0.25, 0.3) is 0 Å². The predicted octanol–water partition coefficient (Wildman–Crippen LogP) is 0.361. The molecule has 1 saturated heterocycles. The van der Waals surface area contributed by atoms with E-state index in [0.29, 0.717) is 25.7 Å². The van der Waals surface area contributed by atoms with E-state index in [0.717, 1.165) is 19.5 Å². The Morgan fingerprint density at radius 2 is 2.08 bits per heavy atom. The van der Waals surface area contributed by atoms with Crippen molar-refractivity contribution >= 4 is 11.8 Å². The van der Waals surface area contributed by atoms with E-state index in [1.54, 1.807) is 4.90 Å². The van der Waals surface area contributed by atoms with Crippen LogP contribution in [0.4, 0.5) is 0 Å². The Labute approximate surface area is 143 Å². The van der Waals surface area contributed by atoms with Crippen LogP contribution in [-0.2, 0) is 11.3 Å². The minimum atomic E-state index is -0.237. The van der Waals surface area contributed by atoms with Crippen LogP contribution in [0, 0.1) is 0 Å². The molecule has 2 amide bonds. The number of carbonyl (C=O) groups excluding carboxylic acids is 2. The summed E-state index contributed by atoms with van der Waals surface area (Å²) < 4.78 is 1.42. The Hall–Kier alpha value is -1.96. The molecule has 24 heavy (non-hydrogen) atoms. The first-order chi connectivity index (χ1) is 11.6. The summed E-state index contributed by atoms with van der Waals surface area (Å²) in [7, 11) is 0. The molecule has 1 aromatic heterocycles. The first-order valence-electron chi connectivity index (χ1n) is 8.79. The third-order valence-corrected chi connectivity index (χ3v) is 4.59. The molecule has 1 N–H and O–H groups in total. The average molecular weight is 336 g/mol. The zero-order chi connectivity index (χ0) is 17.5. The van der Waals surface area contributed by atoms with Crippen molar-refractivity contribution in [3.63, 3.8) is 0 Å². The van der Waals surface area contributed by atoms with Gasteiger partial charge in [0.2, 0.25) is 5.91 Å². The second-order valence-electron chi connectivity index (χ2n) is 6.00. The van der Waals surface area contributed by atoms with Gasteiger partial charge in [-0.1, -0.05) is 12.1 Å². The molecule has 1 atom stereocenters. The van der Waals surface area contributed by atoms with Crippen molar-refractivity contribution in [3.8, 4) is 0 Å². The average Bonchev–Trinajstić information content (AvgIpc) is 3.22. The van der Waals surface area contributed by atoms with Gasteiger partial charge in [-0.05, 0) is 39.8 Å². The highest BCUT2D eigenvalue weighted by molar-refractivity contribution is 5.91. The highest BCUT2D eigenvalue weighted by Crippen LogP contribution is 2.15. The smallest absolute Gasteiger partial charge is 0.273 e. The van der Waals surface area contributed by atoms with Crippen LogP contribution < -0.4 is 5.32 Å². The summed E-state index contributed by atoms with van der Waals surface area (Å²) in [5.74, 6) is -0.263. The fourth-order valence-corrected chi connectivity index (χ4v) is 3.14. The van der Waals surface area contributed by atoms with Gasteiger partial charge in [0.15, 0.2) is 5.69 Å². The van der Waals surface area contributed by atoms with Crippen molar-refractivity contribution in [2.75, 3.05) is 32.7 Å². The monoisotopic (exact) mass is 336 g/mol. The first-order valence-corrected chi connectivity index (χ1v) is 8.79. The highest BCUT2D eigenvalue weighted by atomic mass is 16.2. The maximum atomic E-state index is 12.2. The van der Waals surface area contributed by atoms with E-state index < -0.39 is 0 Å². The molecular formula is C16H28N6O2. The summed E-state index contributed by atoms with van der Waals surface area (Å²) in [6, 6.07) is 0.401. The molecule has 8 nitrogen and oxygen atoms in total. The maximum Gasteiger partial charge on any atom is 0.273 e.